The smallest absolute Gasteiger partial charge is 0.0695 e. The predicted molar refractivity (Wildman–Crippen MR) is 87.5 cm³/mol. The molecule has 2 aliphatic rings. The summed E-state index contributed by atoms with van der Waals surface area (Å²) in [5.74, 6) is 0. The molecule has 1 N–H and O–H groups in total. The maximum Gasteiger partial charge on any atom is 0.0695 e. The van der Waals surface area contributed by atoms with E-state index in [-0.39, 0.29) is 6.10 Å². The Morgan fingerprint density at radius 3 is 1.81 bits per heavy atom. The minimum absolute atomic E-state index is 0.151. The molecule has 0 aromatic heterocycles. The van der Waals surface area contributed by atoms with Gasteiger partial charge in [0.05, 0.1) is 18.3 Å². The minimum atomic E-state index is -0.151. The van der Waals surface area contributed by atoms with Crippen LogP contribution in [0.1, 0.15) is 78.1 Å². The Labute approximate surface area is 131 Å². The number of morpholine rings is 1. The van der Waals surface area contributed by atoms with Crippen LogP contribution in [0.4, 0.5) is 0 Å². The molecule has 21 heavy (non-hydrogen) atoms. The topological polar surface area (TPSA) is 32.7 Å². The summed E-state index contributed by atoms with van der Waals surface area (Å²) in [5.41, 5.74) is 0. The molecule has 1 aliphatic carbocycles. The Kier molecular flexibility index (Phi) is 7.48. The van der Waals surface area contributed by atoms with Gasteiger partial charge in [-0.1, -0.05) is 51.4 Å². The number of ether oxygens (including phenoxy) is 1. The second-order valence-electron chi connectivity index (χ2n) is 7.25. The molecule has 4 atom stereocenters. The quantitative estimate of drug-likeness (QED) is 0.800. The van der Waals surface area contributed by atoms with Gasteiger partial charge in [-0.15, -0.1) is 0 Å². The summed E-state index contributed by atoms with van der Waals surface area (Å²) in [5, 5.41) is 10.7. The summed E-state index contributed by atoms with van der Waals surface area (Å²) in [7, 11) is 0. The van der Waals surface area contributed by atoms with E-state index in [0.717, 1.165) is 25.9 Å². The highest BCUT2D eigenvalue weighted by atomic mass is 16.5. The van der Waals surface area contributed by atoms with Crippen molar-refractivity contribution >= 4 is 0 Å². The van der Waals surface area contributed by atoms with E-state index in [1.54, 1.807) is 0 Å². The predicted octanol–water partition coefficient (Wildman–Crippen LogP) is 3.74. The SMILES string of the molecule is C[C@@H]1CN(C2CCCCCCCCCCC2O)C[C@H](C)O1. The highest BCUT2D eigenvalue weighted by Crippen LogP contribution is 2.24. The highest BCUT2D eigenvalue weighted by Gasteiger charge is 2.31. The maximum atomic E-state index is 10.7. The number of hydrogen-bond acceptors (Lipinski definition) is 3. The van der Waals surface area contributed by atoms with E-state index in [4.69, 9.17) is 4.74 Å². The summed E-state index contributed by atoms with van der Waals surface area (Å²) in [6, 6.07) is 0.346. The molecule has 0 bridgehead atoms. The monoisotopic (exact) mass is 297 g/mol. The molecule has 2 fully saturated rings. The lowest BCUT2D eigenvalue weighted by Gasteiger charge is -2.42. The summed E-state index contributed by atoms with van der Waals surface area (Å²) < 4.78 is 5.86. The molecule has 1 saturated carbocycles. The summed E-state index contributed by atoms with van der Waals surface area (Å²) in [6.07, 6.45) is 13.2. The molecule has 2 rings (SSSR count). The van der Waals surface area contributed by atoms with Gasteiger partial charge < -0.3 is 9.84 Å². The molecule has 1 heterocycles. The minimum Gasteiger partial charge on any atom is -0.391 e. The van der Waals surface area contributed by atoms with Crippen molar-refractivity contribution in [1.29, 1.82) is 0 Å². The van der Waals surface area contributed by atoms with E-state index in [0.29, 0.717) is 18.2 Å². The summed E-state index contributed by atoms with van der Waals surface area (Å²) >= 11 is 0. The van der Waals surface area contributed by atoms with Gasteiger partial charge in [-0.2, -0.15) is 0 Å². The lowest BCUT2D eigenvalue weighted by Crippen LogP contribution is -2.53. The zero-order chi connectivity index (χ0) is 15.1. The van der Waals surface area contributed by atoms with Crippen molar-refractivity contribution < 1.29 is 9.84 Å². The molecule has 2 unspecified atom stereocenters. The lowest BCUT2D eigenvalue weighted by atomic mass is 9.94. The number of aliphatic hydroxyl groups excluding tert-OH is 1. The van der Waals surface area contributed by atoms with Gasteiger partial charge in [0.2, 0.25) is 0 Å². The fraction of sp³-hybridized carbons (Fsp3) is 1.00. The molecule has 124 valence electrons. The third-order valence-corrected chi connectivity index (χ3v) is 5.11. The third kappa shape index (κ3) is 5.88. The van der Waals surface area contributed by atoms with Crippen LogP contribution in [0.2, 0.25) is 0 Å². The first-order valence-corrected chi connectivity index (χ1v) is 9.24. The van der Waals surface area contributed by atoms with Crippen LogP contribution in [0.15, 0.2) is 0 Å². The van der Waals surface area contributed by atoms with E-state index < -0.39 is 0 Å². The van der Waals surface area contributed by atoms with E-state index in [2.05, 4.69) is 18.7 Å². The van der Waals surface area contributed by atoms with Crippen LogP contribution < -0.4 is 0 Å². The zero-order valence-corrected chi connectivity index (χ0v) is 14.1. The zero-order valence-electron chi connectivity index (χ0n) is 14.1. The highest BCUT2D eigenvalue weighted by molar-refractivity contribution is 4.84. The van der Waals surface area contributed by atoms with Crippen molar-refractivity contribution in [2.75, 3.05) is 13.1 Å². The number of rotatable bonds is 1. The van der Waals surface area contributed by atoms with Crippen molar-refractivity contribution in [2.24, 2.45) is 0 Å². The largest absolute Gasteiger partial charge is 0.391 e. The molecule has 0 amide bonds. The van der Waals surface area contributed by atoms with E-state index in [1.165, 1.54) is 51.4 Å². The Morgan fingerprint density at radius 1 is 0.762 bits per heavy atom. The molecule has 1 aliphatic heterocycles. The first-order valence-electron chi connectivity index (χ1n) is 9.24. The van der Waals surface area contributed by atoms with Crippen molar-refractivity contribution in [1.82, 2.24) is 4.90 Å². The van der Waals surface area contributed by atoms with Crippen molar-refractivity contribution in [3.05, 3.63) is 0 Å². The molecular formula is C18H35NO2. The molecule has 0 aromatic carbocycles. The number of aliphatic hydroxyl groups is 1. The summed E-state index contributed by atoms with van der Waals surface area (Å²) in [4.78, 5) is 2.51. The first kappa shape index (κ1) is 17.2. The molecule has 3 heteroatoms. The van der Waals surface area contributed by atoms with Gasteiger partial charge in [-0.3, -0.25) is 4.90 Å². The second-order valence-corrected chi connectivity index (χ2v) is 7.25. The maximum absolute atomic E-state index is 10.7. The van der Waals surface area contributed by atoms with Gasteiger partial charge in [-0.25, -0.2) is 0 Å². The van der Waals surface area contributed by atoms with Crippen LogP contribution in [0.5, 0.6) is 0 Å². The van der Waals surface area contributed by atoms with Crippen LogP contribution >= 0.6 is 0 Å². The van der Waals surface area contributed by atoms with E-state index >= 15 is 0 Å². The van der Waals surface area contributed by atoms with Crippen LogP contribution in [0.3, 0.4) is 0 Å². The number of nitrogens with zero attached hydrogens (tertiary/aromatic N) is 1. The van der Waals surface area contributed by atoms with Crippen molar-refractivity contribution in [3.63, 3.8) is 0 Å². The lowest BCUT2D eigenvalue weighted by molar-refractivity contribution is -0.0981. The molecule has 0 spiro atoms. The Morgan fingerprint density at radius 2 is 1.24 bits per heavy atom. The third-order valence-electron chi connectivity index (χ3n) is 5.11. The molecule has 0 aromatic rings. The van der Waals surface area contributed by atoms with Gasteiger partial charge >= 0.3 is 0 Å². The Hall–Kier alpha value is -0.120. The van der Waals surface area contributed by atoms with Gasteiger partial charge in [0.1, 0.15) is 0 Å². The Bertz CT molecular complexity index is 274. The van der Waals surface area contributed by atoms with Crippen LogP contribution in [0, 0.1) is 0 Å². The van der Waals surface area contributed by atoms with Crippen molar-refractivity contribution in [2.45, 2.75) is 102 Å². The average Bonchev–Trinajstić information content (AvgIpc) is 2.41. The van der Waals surface area contributed by atoms with Gasteiger partial charge in [-0.05, 0) is 26.7 Å². The second kappa shape index (κ2) is 9.12. The Balaban J connectivity index is 1.93. The van der Waals surface area contributed by atoms with Crippen molar-refractivity contribution in [3.8, 4) is 0 Å². The number of hydrogen-bond donors (Lipinski definition) is 1. The standard InChI is InChI=1S/C18H35NO2/c1-15-13-19(14-16(2)21-15)17-11-9-7-5-3-4-6-8-10-12-18(17)20/h15-18,20H,3-14H2,1-2H3/t15-,16+,17?,18?. The van der Waals surface area contributed by atoms with Crippen LogP contribution in [-0.4, -0.2) is 47.4 Å². The molecule has 0 radical (unpaired) electrons. The van der Waals surface area contributed by atoms with E-state index in [9.17, 15) is 5.11 Å². The molecule has 1 saturated heterocycles. The summed E-state index contributed by atoms with van der Waals surface area (Å²) in [6.45, 7) is 6.27. The first-order chi connectivity index (χ1) is 10.2. The van der Waals surface area contributed by atoms with Crippen LogP contribution in [-0.2, 0) is 4.74 Å². The van der Waals surface area contributed by atoms with E-state index in [1.807, 2.05) is 0 Å². The fourth-order valence-corrected chi connectivity index (χ4v) is 4.07. The normalized spacial score (nSPS) is 38.4. The van der Waals surface area contributed by atoms with Gasteiger partial charge in [0, 0.05) is 19.1 Å². The fourth-order valence-electron chi connectivity index (χ4n) is 4.07. The molecule has 3 nitrogen and oxygen atoms in total. The van der Waals surface area contributed by atoms with Gasteiger partial charge in [0.25, 0.3) is 0 Å². The van der Waals surface area contributed by atoms with Crippen LogP contribution in [0.25, 0.3) is 0 Å². The van der Waals surface area contributed by atoms with Gasteiger partial charge in [0.15, 0.2) is 0 Å². The molecular weight excluding hydrogens is 262 g/mol. The average molecular weight is 297 g/mol.